The third-order valence-electron chi connectivity index (χ3n) is 3.74. The highest BCUT2D eigenvalue weighted by atomic mass is 15.2. The average molecular weight is 266 g/mol. The lowest BCUT2D eigenvalue weighted by molar-refractivity contribution is 0.158. The van der Waals surface area contributed by atoms with E-state index in [-0.39, 0.29) is 0 Å². The largest absolute Gasteiger partial charge is 0.356 e. The third kappa shape index (κ3) is 6.62. The van der Waals surface area contributed by atoms with Gasteiger partial charge in [-0.25, -0.2) is 0 Å². The topological polar surface area (TPSA) is 39.7 Å². The van der Waals surface area contributed by atoms with Gasteiger partial charge in [0, 0.05) is 26.2 Å². The van der Waals surface area contributed by atoms with E-state index in [1.165, 1.54) is 45.2 Å². The summed E-state index contributed by atoms with van der Waals surface area (Å²) < 4.78 is 0. The number of guanidine groups is 1. The molecule has 1 aliphatic rings. The van der Waals surface area contributed by atoms with E-state index in [0.29, 0.717) is 0 Å². The fraction of sp³-hybridized carbons (Fsp3) is 0.800. The first-order valence-electron chi connectivity index (χ1n) is 7.57. The third-order valence-corrected chi connectivity index (χ3v) is 3.74. The van der Waals surface area contributed by atoms with E-state index in [0.717, 1.165) is 25.1 Å². The van der Waals surface area contributed by atoms with Crippen LogP contribution in [0, 0.1) is 0 Å². The van der Waals surface area contributed by atoms with Crippen LogP contribution in [0.1, 0.15) is 39.0 Å². The molecule has 1 unspecified atom stereocenters. The van der Waals surface area contributed by atoms with Gasteiger partial charge in [0.25, 0.3) is 0 Å². The number of likely N-dealkylation sites (tertiary alicyclic amines) is 1. The van der Waals surface area contributed by atoms with Crippen molar-refractivity contribution in [3.63, 3.8) is 0 Å². The molecule has 0 spiro atoms. The summed E-state index contributed by atoms with van der Waals surface area (Å²) in [6.45, 7) is 10.3. The Hall–Kier alpha value is -1.03. The SMILES string of the molecule is C=CCNC(=NC)NCCCCN1CCCCC1C. The molecule has 1 fully saturated rings. The van der Waals surface area contributed by atoms with Crippen molar-refractivity contribution in [2.24, 2.45) is 4.99 Å². The Kier molecular flexibility index (Phi) is 8.30. The van der Waals surface area contributed by atoms with Crippen LogP contribution in [-0.2, 0) is 0 Å². The molecule has 1 atom stereocenters. The highest BCUT2D eigenvalue weighted by molar-refractivity contribution is 5.79. The second-order valence-corrected chi connectivity index (χ2v) is 5.26. The molecule has 0 aromatic carbocycles. The highest BCUT2D eigenvalue weighted by Crippen LogP contribution is 2.16. The Bertz CT molecular complexity index is 275. The van der Waals surface area contributed by atoms with E-state index in [1.807, 2.05) is 6.08 Å². The second-order valence-electron chi connectivity index (χ2n) is 5.26. The molecule has 1 aliphatic heterocycles. The normalized spacial score (nSPS) is 21.2. The van der Waals surface area contributed by atoms with Crippen LogP contribution < -0.4 is 10.6 Å². The predicted octanol–water partition coefficient (Wildman–Crippen LogP) is 1.99. The molecule has 1 saturated heterocycles. The maximum atomic E-state index is 4.16. The zero-order chi connectivity index (χ0) is 13.9. The van der Waals surface area contributed by atoms with Crippen LogP contribution in [-0.4, -0.2) is 50.1 Å². The molecule has 0 amide bonds. The summed E-state index contributed by atoms with van der Waals surface area (Å²) in [6, 6.07) is 0.781. The van der Waals surface area contributed by atoms with Crippen molar-refractivity contribution in [3.8, 4) is 0 Å². The van der Waals surface area contributed by atoms with Gasteiger partial charge in [-0.15, -0.1) is 6.58 Å². The van der Waals surface area contributed by atoms with Crippen molar-refractivity contribution in [1.29, 1.82) is 0 Å². The number of unbranched alkanes of at least 4 members (excludes halogenated alkanes) is 1. The second kappa shape index (κ2) is 9.84. The number of piperidine rings is 1. The Balaban J connectivity index is 2.05. The van der Waals surface area contributed by atoms with Crippen LogP contribution >= 0.6 is 0 Å². The number of nitrogens with zero attached hydrogens (tertiary/aromatic N) is 2. The number of hydrogen-bond donors (Lipinski definition) is 2. The molecule has 0 aromatic heterocycles. The quantitative estimate of drug-likeness (QED) is 0.320. The van der Waals surface area contributed by atoms with Crippen molar-refractivity contribution in [2.75, 3.05) is 33.2 Å². The standard InChI is InChI=1S/C15H30N4/c1-4-10-17-15(16-3)18-11-6-8-13-19-12-7-5-9-14(19)2/h4,14H,1,5-13H2,2-3H3,(H2,16,17,18). The van der Waals surface area contributed by atoms with Gasteiger partial charge in [0.2, 0.25) is 0 Å². The minimum atomic E-state index is 0.755. The molecule has 2 N–H and O–H groups in total. The number of aliphatic imine (C=N–C) groups is 1. The lowest BCUT2D eigenvalue weighted by Crippen LogP contribution is -2.39. The molecule has 19 heavy (non-hydrogen) atoms. The zero-order valence-corrected chi connectivity index (χ0v) is 12.6. The summed E-state index contributed by atoms with van der Waals surface area (Å²) in [6.07, 6.45) is 8.44. The first-order chi connectivity index (χ1) is 9.27. The summed E-state index contributed by atoms with van der Waals surface area (Å²) in [7, 11) is 1.80. The molecular formula is C15H30N4. The van der Waals surface area contributed by atoms with Crippen molar-refractivity contribution in [3.05, 3.63) is 12.7 Å². The summed E-state index contributed by atoms with van der Waals surface area (Å²) in [5.41, 5.74) is 0. The minimum absolute atomic E-state index is 0.755. The van der Waals surface area contributed by atoms with E-state index in [2.05, 4.69) is 34.0 Å². The molecule has 0 saturated carbocycles. The fourth-order valence-electron chi connectivity index (χ4n) is 2.53. The Morgan fingerprint density at radius 3 is 2.89 bits per heavy atom. The fourth-order valence-corrected chi connectivity index (χ4v) is 2.53. The molecule has 0 radical (unpaired) electrons. The van der Waals surface area contributed by atoms with E-state index in [9.17, 15) is 0 Å². The maximum absolute atomic E-state index is 4.16. The lowest BCUT2D eigenvalue weighted by Gasteiger charge is -2.33. The Morgan fingerprint density at radius 1 is 1.37 bits per heavy atom. The zero-order valence-electron chi connectivity index (χ0n) is 12.6. The predicted molar refractivity (Wildman–Crippen MR) is 83.7 cm³/mol. The van der Waals surface area contributed by atoms with Gasteiger partial charge in [0.15, 0.2) is 5.96 Å². The van der Waals surface area contributed by atoms with Crippen LogP contribution in [0.15, 0.2) is 17.6 Å². The number of nitrogens with one attached hydrogen (secondary N) is 2. The first-order valence-corrected chi connectivity index (χ1v) is 7.57. The number of hydrogen-bond acceptors (Lipinski definition) is 2. The molecule has 1 rings (SSSR count). The average Bonchev–Trinajstić information content (AvgIpc) is 2.43. The summed E-state index contributed by atoms with van der Waals surface area (Å²) in [4.78, 5) is 6.79. The molecule has 4 heteroatoms. The van der Waals surface area contributed by atoms with Gasteiger partial charge in [0.05, 0.1) is 0 Å². The van der Waals surface area contributed by atoms with E-state index < -0.39 is 0 Å². The lowest BCUT2D eigenvalue weighted by atomic mass is 10.0. The minimum Gasteiger partial charge on any atom is -0.356 e. The molecule has 1 heterocycles. The van der Waals surface area contributed by atoms with Gasteiger partial charge >= 0.3 is 0 Å². The van der Waals surface area contributed by atoms with Gasteiger partial charge in [-0.1, -0.05) is 12.5 Å². The molecule has 0 bridgehead atoms. The van der Waals surface area contributed by atoms with E-state index in [1.54, 1.807) is 7.05 Å². The van der Waals surface area contributed by atoms with Crippen molar-refractivity contribution in [2.45, 2.75) is 45.1 Å². The summed E-state index contributed by atoms with van der Waals surface area (Å²) in [5, 5.41) is 6.50. The smallest absolute Gasteiger partial charge is 0.191 e. The van der Waals surface area contributed by atoms with Crippen LogP contribution in [0.2, 0.25) is 0 Å². The van der Waals surface area contributed by atoms with Gasteiger partial charge in [0.1, 0.15) is 0 Å². The maximum Gasteiger partial charge on any atom is 0.191 e. The van der Waals surface area contributed by atoms with Crippen LogP contribution in [0.25, 0.3) is 0 Å². The number of rotatable bonds is 7. The van der Waals surface area contributed by atoms with Crippen LogP contribution in [0.4, 0.5) is 0 Å². The van der Waals surface area contributed by atoms with Crippen LogP contribution in [0.3, 0.4) is 0 Å². The highest BCUT2D eigenvalue weighted by Gasteiger charge is 2.16. The van der Waals surface area contributed by atoms with Gasteiger partial charge < -0.3 is 15.5 Å². The molecular weight excluding hydrogens is 236 g/mol. The molecule has 4 nitrogen and oxygen atoms in total. The van der Waals surface area contributed by atoms with Crippen molar-refractivity contribution >= 4 is 5.96 Å². The van der Waals surface area contributed by atoms with Crippen molar-refractivity contribution < 1.29 is 0 Å². The molecule has 110 valence electrons. The molecule has 0 aromatic rings. The van der Waals surface area contributed by atoms with Gasteiger partial charge in [-0.2, -0.15) is 0 Å². The molecule has 0 aliphatic carbocycles. The first kappa shape index (κ1) is 16.0. The van der Waals surface area contributed by atoms with Crippen molar-refractivity contribution in [1.82, 2.24) is 15.5 Å². The van der Waals surface area contributed by atoms with Gasteiger partial charge in [-0.05, 0) is 45.7 Å². The van der Waals surface area contributed by atoms with E-state index >= 15 is 0 Å². The van der Waals surface area contributed by atoms with Crippen LogP contribution in [0.5, 0.6) is 0 Å². The Morgan fingerprint density at radius 2 is 2.21 bits per heavy atom. The summed E-state index contributed by atoms with van der Waals surface area (Å²) in [5.74, 6) is 0.867. The van der Waals surface area contributed by atoms with E-state index in [4.69, 9.17) is 0 Å². The Labute approximate surface area is 118 Å². The van der Waals surface area contributed by atoms with Gasteiger partial charge in [-0.3, -0.25) is 4.99 Å². The monoisotopic (exact) mass is 266 g/mol. The summed E-state index contributed by atoms with van der Waals surface area (Å²) >= 11 is 0.